The van der Waals surface area contributed by atoms with Gasteiger partial charge >= 0.3 is 0 Å². The van der Waals surface area contributed by atoms with Crippen LogP contribution < -0.4 is 4.74 Å². The van der Waals surface area contributed by atoms with E-state index in [-0.39, 0.29) is 0 Å². The first-order valence-corrected chi connectivity index (χ1v) is 10.0. The number of nitrogens with zero attached hydrogens (tertiary/aromatic N) is 2. The van der Waals surface area contributed by atoms with Gasteiger partial charge in [0.25, 0.3) is 0 Å². The number of hydrogen-bond acceptors (Lipinski definition) is 2. The first-order valence-electron chi connectivity index (χ1n) is 9.65. The molecule has 3 nitrogen and oxygen atoms in total. The van der Waals surface area contributed by atoms with Crippen LogP contribution in [0.25, 0.3) is 11.0 Å². The van der Waals surface area contributed by atoms with Crippen LogP contribution in [0.1, 0.15) is 50.3 Å². The molecule has 1 saturated carbocycles. The van der Waals surface area contributed by atoms with Gasteiger partial charge in [-0.2, -0.15) is 0 Å². The van der Waals surface area contributed by atoms with Gasteiger partial charge in [-0.1, -0.05) is 55.1 Å². The monoisotopic (exact) mass is 368 g/mol. The third kappa shape index (κ3) is 3.73. The summed E-state index contributed by atoms with van der Waals surface area (Å²) in [6.07, 6.45) is 7.47. The van der Waals surface area contributed by atoms with Crippen molar-refractivity contribution in [2.24, 2.45) is 0 Å². The Bertz CT molecular complexity index is 867. The molecule has 1 fully saturated rings. The van der Waals surface area contributed by atoms with Gasteiger partial charge in [-0.25, -0.2) is 4.98 Å². The second kappa shape index (κ2) is 8.13. The van der Waals surface area contributed by atoms with Crippen LogP contribution in [-0.2, 0) is 6.54 Å². The minimum atomic E-state index is 0.598. The van der Waals surface area contributed by atoms with E-state index in [0.717, 1.165) is 24.2 Å². The molecule has 136 valence electrons. The van der Waals surface area contributed by atoms with Crippen LogP contribution in [0.4, 0.5) is 0 Å². The molecule has 1 aliphatic rings. The second-order valence-electron chi connectivity index (χ2n) is 7.08. The lowest BCUT2D eigenvalue weighted by Crippen LogP contribution is -2.13. The number of imidazole rings is 1. The fraction of sp³-hybridized carbons (Fsp3) is 0.409. The fourth-order valence-corrected chi connectivity index (χ4v) is 4.16. The summed E-state index contributed by atoms with van der Waals surface area (Å²) in [6.45, 7) is 1.58. The van der Waals surface area contributed by atoms with E-state index in [9.17, 15) is 0 Å². The van der Waals surface area contributed by atoms with Gasteiger partial charge < -0.3 is 9.30 Å². The molecular formula is C22H25ClN2O. The topological polar surface area (TPSA) is 27.1 Å². The van der Waals surface area contributed by atoms with Crippen molar-refractivity contribution >= 4 is 22.6 Å². The SMILES string of the molecule is Clc1ccccc1OCCCn1c(C2CCCCC2)nc2ccccc21. The van der Waals surface area contributed by atoms with E-state index < -0.39 is 0 Å². The Kier molecular flexibility index (Phi) is 5.45. The second-order valence-corrected chi connectivity index (χ2v) is 7.48. The van der Waals surface area contributed by atoms with E-state index in [1.165, 1.54) is 43.4 Å². The molecule has 0 unspecified atom stereocenters. The summed E-state index contributed by atoms with van der Waals surface area (Å²) < 4.78 is 8.28. The maximum Gasteiger partial charge on any atom is 0.137 e. The lowest BCUT2D eigenvalue weighted by Gasteiger charge is -2.22. The van der Waals surface area contributed by atoms with Gasteiger partial charge in [0.05, 0.1) is 22.7 Å². The average molecular weight is 369 g/mol. The first-order chi connectivity index (χ1) is 12.8. The molecule has 0 radical (unpaired) electrons. The quantitative estimate of drug-likeness (QED) is 0.484. The molecule has 4 rings (SSSR count). The first kappa shape index (κ1) is 17.4. The largest absolute Gasteiger partial charge is 0.492 e. The summed E-state index contributed by atoms with van der Waals surface area (Å²) in [6, 6.07) is 16.1. The normalized spacial score (nSPS) is 15.4. The van der Waals surface area contributed by atoms with Gasteiger partial charge in [0.15, 0.2) is 0 Å². The van der Waals surface area contributed by atoms with Crippen LogP contribution in [0, 0.1) is 0 Å². The van der Waals surface area contributed by atoms with Crippen LogP contribution in [0.15, 0.2) is 48.5 Å². The highest BCUT2D eigenvalue weighted by Gasteiger charge is 2.22. The number of hydrogen-bond donors (Lipinski definition) is 0. The molecule has 0 N–H and O–H groups in total. The minimum Gasteiger partial charge on any atom is -0.492 e. The molecule has 0 atom stereocenters. The number of fused-ring (bicyclic) bond motifs is 1. The van der Waals surface area contributed by atoms with E-state index in [1.54, 1.807) is 0 Å². The van der Waals surface area contributed by atoms with Gasteiger partial charge in [-0.3, -0.25) is 0 Å². The summed E-state index contributed by atoms with van der Waals surface area (Å²) >= 11 is 6.17. The Balaban J connectivity index is 1.48. The van der Waals surface area contributed by atoms with Crippen molar-refractivity contribution in [3.05, 3.63) is 59.4 Å². The molecule has 0 spiro atoms. The Hall–Kier alpha value is -2.00. The van der Waals surface area contributed by atoms with Crippen molar-refractivity contribution in [1.82, 2.24) is 9.55 Å². The predicted molar refractivity (Wildman–Crippen MR) is 107 cm³/mol. The van der Waals surface area contributed by atoms with Crippen molar-refractivity contribution in [2.45, 2.75) is 51.0 Å². The molecule has 2 aromatic carbocycles. The van der Waals surface area contributed by atoms with Gasteiger partial charge in [0.1, 0.15) is 11.6 Å². The molecule has 1 heterocycles. The van der Waals surface area contributed by atoms with Crippen LogP contribution in [0.2, 0.25) is 5.02 Å². The Labute approximate surface area is 160 Å². The highest BCUT2D eigenvalue weighted by atomic mass is 35.5. The highest BCUT2D eigenvalue weighted by Crippen LogP contribution is 2.34. The van der Waals surface area contributed by atoms with Crippen LogP contribution >= 0.6 is 11.6 Å². The van der Waals surface area contributed by atoms with Crippen molar-refractivity contribution in [3.63, 3.8) is 0 Å². The standard InChI is InChI=1S/C22H25ClN2O/c23-18-11-4-7-14-21(18)26-16-8-15-25-20-13-6-5-12-19(20)24-22(25)17-9-2-1-3-10-17/h4-7,11-14,17H,1-3,8-10,15-16H2. The molecule has 1 aromatic heterocycles. The average Bonchev–Trinajstić information content (AvgIpc) is 3.06. The van der Waals surface area contributed by atoms with Crippen LogP contribution in [0.3, 0.4) is 0 Å². The van der Waals surface area contributed by atoms with E-state index in [1.807, 2.05) is 24.3 Å². The maximum atomic E-state index is 6.17. The van der Waals surface area contributed by atoms with Gasteiger partial charge in [0.2, 0.25) is 0 Å². The molecule has 3 aromatic rings. The lowest BCUT2D eigenvalue weighted by molar-refractivity contribution is 0.300. The molecular weight excluding hydrogens is 344 g/mol. The summed E-state index contributed by atoms with van der Waals surface area (Å²) in [5.74, 6) is 2.63. The van der Waals surface area contributed by atoms with Gasteiger partial charge in [-0.15, -0.1) is 0 Å². The summed E-state index contributed by atoms with van der Waals surface area (Å²) in [5.41, 5.74) is 2.35. The Morgan fingerprint density at radius 1 is 1.00 bits per heavy atom. The zero-order chi connectivity index (χ0) is 17.8. The van der Waals surface area contributed by atoms with Crippen molar-refractivity contribution in [2.75, 3.05) is 6.61 Å². The fourth-order valence-electron chi connectivity index (χ4n) is 3.97. The highest BCUT2D eigenvalue weighted by molar-refractivity contribution is 6.32. The smallest absolute Gasteiger partial charge is 0.137 e. The maximum absolute atomic E-state index is 6.17. The zero-order valence-electron chi connectivity index (χ0n) is 15.0. The third-order valence-electron chi connectivity index (χ3n) is 5.27. The number of benzene rings is 2. The van der Waals surface area contributed by atoms with E-state index in [0.29, 0.717) is 17.5 Å². The van der Waals surface area contributed by atoms with Crippen LogP contribution in [0.5, 0.6) is 5.75 Å². The molecule has 26 heavy (non-hydrogen) atoms. The predicted octanol–water partition coefficient (Wildman–Crippen LogP) is 6.21. The lowest BCUT2D eigenvalue weighted by atomic mass is 9.88. The zero-order valence-corrected chi connectivity index (χ0v) is 15.8. The summed E-state index contributed by atoms with van der Waals surface area (Å²) in [5, 5.41) is 0.670. The number of rotatable bonds is 6. The van der Waals surface area contributed by atoms with E-state index >= 15 is 0 Å². The third-order valence-corrected chi connectivity index (χ3v) is 5.59. The van der Waals surface area contributed by atoms with Gasteiger partial charge in [0, 0.05) is 12.5 Å². The minimum absolute atomic E-state index is 0.598. The Morgan fingerprint density at radius 3 is 2.62 bits per heavy atom. The molecule has 0 aliphatic heterocycles. The van der Waals surface area contributed by atoms with E-state index in [4.69, 9.17) is 21.3 Å². The number of halogens is 1. The van der Waals surface area contributed by atoms with Crippen molar-refractivity contribution < 1.29 is 4.74 Å². The van der Waals surface area contributed by atoms with E-state index in [2.05, 4.69) is 28.8 Å². The number of aromatic nitrogens is 2. The van der Waals surface area contributed by atoms with Crippen LogP contribution in [-0.4, -0.2) is 16.2 Å². The number of ether oxygens (including phenoxy) is 1. The number of aryl methyl sites for hydroxylation is 1. The van der Waals surface area contributed by atoms with Crippen molar-refractivity contribution in [3.8, 4) is 5.75 Å². The van der Waals surface area contributed by atoms with Crippen molar-refractivity contribution in [1.29, 1.82) is 0 Å². The molecule has 0 amide bonds. The Morgan fingerprint density at radius 2 is 1.77 bits per heavy atom. The molecule has 1 aliphatic carbocycles. The number of para-hydroxylation sites is 3. The molecule has 0 saturated heterocycles. The summed E-state index contributed by atoms with van der Waals surface area (Å²) in [4.78, 5) is 4.99. The molecule has 4 heteroatoms. The summed E-state index contributed by atoms with van der Waals surface area (Å²) in [7, 11) is 0. The van der Waals surface area contributed by atoms with Gasteiger partial charge in [-0.05, 0) is 43.5 Å². The molecule has 0 bridgehead atoms.